The molecule has 6 aromatic rings. The molecule has 0 fully saturated rings. The van der Waals surface area contributed by atoms with Gasteiger partial charge in [-0.25, -0.2) is 4.98 Å². The van der Waals surface area contributed by atoms with Gasteiger partial charge in [-0.15, -0.1) is 54.1 Å². The van der Waals surface area contributed by atoms with Crippen molar-refractivity contribution in [2.45, 2.75) is 93.3 Å². The summed E-state index contributed by atoms with van der Waals surface area (Å²) in [7, 11) is -1.34. The zero-order valence-corrected chi connectivity index (χ0v) is 33.8. The molecule has 0 atom stereocenters. The van der Waals surface area contributed by atoms with Crippen molar-refractivity contribution >= 4 is 35.3 Å². The minimum absolute atomic E-state index is 0. The van der Waals surface area contributed by atoms with Crippen molar-refractivity contribution in [1.29, 1.82) is 0 Å². The van der Waals surface area contributed by atoms with Crippen LogP contribution in [0.2, 0.25) is 19.6 Å². The number of hydrogen-bond acceptors (Lipinski definition) is 4. The molecule has 4 nitrogen and oxygen atoms in total. The monoisotopic (exact) mass is 832 g/mol. The van der Waals surface area contributed by atoms with Gasteiger partial charge in [-0.1, -0.05) is 102 Å². The van der Waals surface area contributed by atoms with Crippen LogP contribution < -0.4 is 5.19 Å². The first-order chi connectivity index (χ1) is 22.1. The van der Waals surface area contributed by atoms with Crippen molar-refractivity contribution < 1.29 is 24.5 Å². The molecule has 0 saturated carbocycles. The number of benzene rings is 2. The van der Waals surface area contributed by atoms with Gasteiger partial charge in [-0.2, -0.15) is 0 Å². The minimum atomic E-state index is -1.34. The van der Waals surface area contributed by atoms with Gasteiger partial charge in [0.15, 0.2) is 0 Å². The molecule has 48 heavy (non-hydrogen) atoms. The van der Waals surface area contributed by atoms with Gasteiger partial charge in [-0.05, 0) is 64.9 Å². The van der Waals surface area contributed by atoms with Gasteiger partial charge in [0.2, 0.25) is 5.71 Å². The van der Waals surface area contributed by atoms with Crippen LogP contribution in [0.4, 0.5) is 0 Å². The maximum atomic E-state index is 6.22. The summed E-state index contributed by atoms with van der Waals surface area (Å²) < 4.78 is 6.22. The average Bonchev–Trinajstić information content (AvgIpc) is 3.40. The molecule has 0 aliphatic rings. The first kappa shape index (κ1) is 37.4. The number of aryl methyl sites for hydroxylation is 1. The van der Waals surface area contributed by atoms with Gasteiger partial charge >= 0.3 is 0 Å². The van der Waals surface area contributed by atoms with Crippen molar-refractivity contribution in [2.75, 3.05) is 0 Å². The fraction of sp³-hybridized carbons (Fsp3) is 0.357. The van der Waals surface area contributed by atoms with Gasteiger partial charge in [0.25, 0.3) is 0 Å². The van der Waals surface area contributed by atoms with E-state index in [4.69, 9.17) is 14.4 Å². The Morgan fingerprint density at radius 1 is 0.812 bits per heavy atom. The number of fused-ring (bicyclic) bond motifs is 3. The third-order valence-electron chi connectivity index (χ3n) is 8.45. The summed E-state index contributed by atoms with van der Waals surface area (Å²) in [6.45, 7) is 24.9. The van der Waals surface area contributed by atoms with E-state index >= 15 is 0 Å². The smallest absolute Gasteiger partial charge is 0.216 e. The zero-order chi connectivity index (χ0) is 34.1. The van der Waals surface area contributed by atoms with Crippen LogP contribution in [0.25, 0.3) is 44.6 Å². The van der Waals surface area contributed by atoms with E-state index < -0.39 is 8.07 Å². The van der Waals surface area contributed by atoms with E-state index in [9.17, 15) is 0 Å². The molecule has 0 unspecified atom stereocenters. The molecule has 0 bridgehead atoms. The Balaban J connectivity index is 0.000000228. The number of hydrogen-bond donors (Lipinski definition) is 0. The van der Waals surface area contributed by atoms with Crippen molar-refractivity contribution in [1.82, 2.24) is 15.0 Å². The number of nitrogens with zero attached hydrogens (tertiary/aromatic N) is 3. The SMILES string of the molecule is CC(C)c1cc(-c2[c-]cccc2)ncc1[Si](C)(C)C.Cc1cnc(-c2[c-]ccc3c2oc2nc(C(C)C)ccc23)cc1CC(C)(C)C.[Ir]. The van der Waals surface area contributed by atoms with Gasteiger partial charge in [0, 0.05) is 43.6 Å². The fourth-order valence-electron chi connectivity index (χ4n) is 5.89. The molecule has 4 heterocycles. The van der Waals surface area contributed by atoms with Crippen molar-refractivity contribution in [3.8, 4) is 22.5 Å². The second-order valence-corrected chi connectivity index (χ2v) is 20.6. The van der Waals surface area contributed by atoms with Gasteiger partial charge in [-0.3, -0.25) is 0 Å². The van der Waals surface area contributed by atoms with Crippen molar-refractivity contribution in [2.24, 2.45) is 5.41 Å². The molecule has 0 aliphatic heterocycles. The fourth-order valence-corrected chi connectivity index (χ4v) is 7.57. The Morgan fingerprint density at radius 2 is 1.54 bits per heavy atom. The van der Waals surface area contributed by atoms with E-state index in [1.54, 1.807) is 0 Å². The summed E-state index contributed by atoms with van der Waals surface area (Å²) in [5.41, 5.74) is 10.6. The molecule has 0 saturated heterocycles. The number of rotatable bonds is 6. The van der Waals surface area contributed by atoms with E-state index in [1.165, 1.54) is 21.9 Å². The molecule has 2 aromatic carbocycles. The summed E-state index contributed by atoms with van der Waals surface area (Å²) in [5, 5.41) is 3.57. The van der Waals surface area contributed by atoms with E-state index in [-0.39, 0.29) is 25.5 Å². The quantitative estimate of drug-likeness (QED) is 0.124. The minimum Gasteiger partial charge on any atom is -0.486 e. The molecule has 0 amide bonds. The van der Waals surface area contributed by atoms with Crippen LogP contribution in [-0.2, 0) is 26.5 Å². The number of furan rings is 1. The van der Waals surface area contributed by atoms with Crippen LogP contribution in [0.5, 0.6) is 0 Å². The largest absolute Gasteiger partial charge is 0.486 e. The maximum Gasteiger partial charge on any atom is 0.216 e. The molecule has 0 spiro atoms. The summed E-state index contributed by atoms with van der Waals surface area (Å²) in [5.74, 6) is 0.898. The predicted octanol–water partition coefficient (Wildman–Crippen LogP) is 11.1. The Morgan fingerprint density at radius 3 is 2.17 bits per heavy atom. The molecule has 0 aliphatic carbocycles. The zero-order valence-electron chi connectivity index (χ0n) is 30.4. The Hall–Kier alpha value is -3.44. The number of aromatic nitrogens is 3. The van der Waals surface area contributed by atoms with Crippen molar-refractivity contribution in [3.05, 3.63) is 108 Å². The Labute approximate surface area is 302 Å². The van der Waals surface area contributed by atoms with E-state index in [0.717, 1.165) is 51.0 Å². The van der Waals surface area contributed by atoms with Crippen LogP contribution in [0.3, 0.4) is 0 Å². The van der Waals surface area contributed by atoms with E-state index in [2.05, 4.69) is 129 Å². The van der Waals surface area contributed by atoms with Crippen LogP contribution in [0.1, 0.15) is 82.7 Å². The van der Waals surface area contributed by atoms with E-state index in [0.29, 0.717) is 17.5 Å². The number of pyridine rings is 3. The van der Waals surface area contributed by atoms with Crippen LogP contribution in [-0.4, -0.2) is 23.0 Å². The third kappa shape index (κ3) is 8.58. The normalized spacial score (nSPS) is 11.9. The molecule has 4 aromatic heterocycles. The van der Waals surface area contributed by atoms with Crippen LogP contribution in [0, 0.1) is 24.5 Å². The molecular formula is C42H49IrN3OSi-2. The molecular weight excluding hydrogens is 783 g/mol. The molecule has 6 rings (SSSR count). The van der Waals surface area contributed by atoms with E-state index in [1.807, 2.05) is 36.5 Å². The predicted molar refractivity (Wildman–Crippen MR) is 201 cm³/mol. The first-order valence-electron chi connectivity index (χ1n) is 16.8. The standard InChI is InChI=1S/C25H27N2O.C17H22NSi.Ir/c1-15(2)21-11-10-19-18-8-7-9-20(23(18)28-24(19)27-21)22-12-17(13-25(4,5)6)16(3)14-26-22;1-13(2)15-11-16(14-9-7-6-8-10-14)18-12-17(15)19(3,4)5;/h7-8,10-12,14-15H,13H2,1-6H3;6-9,11-13H,1-5H3;/q2*-1;. The average molecular weight is 832 g/mol. The summed E-state index contributed by atoms with van der Waals surface area (Å²) >= 11 is 0. The van der Waals surface area contributed by atoms with Gasteiger partial charge in [0.1, 0.15) is 0 Å². The van der Waals surface area contributed by atoms with Gasteiger partial charge in [0.05, 0.1) is 13.7 Å². The van der Waals surface area contributed by atoms with Crippen molar-refractivity contribution in [3.63, 3.8) is 0 Å². The van der Waals surface area contributed by atoms with Gasteiger partial charge < -0.3 is 14.4 Å². The Bertz CT molecular complexity index is 2000. The molecule has 6 heteroatoms. The summed E-state index contributed by atoms with van der Waals surface area (Å²) in [6.07, 6.45) is 5.06. The maximum absolute atomic E-state index is 6.22. The second-order valence-electron chi connectivity index (χ2n) is 15.5. The van der Waals surface area contributed by atoms with Crippen LogP contribution in [0.15, 0.2) is 77.5 Å². The molecule has 253 valence electrons. The Kier molecular flexibility index (Phi) is 11.7. The molecule has 0 N–H and O–H groups in total. The topological polar surface area (TPSA) is 51.8 Å². The summed E-state index contributed by atoms with van der Waals surface area (Å²) in [6, 6.07) is 27.3. The van der Waals surface area contributed by atoms with Crippen LogP contribution >= 0.6 is 0 Å². The summed E-state index contributed by atoms with van der Waals surface area (Å²) in [4.78, 5) is 14.1. The first-order valence-corrected chi connectivity index (χ1v) is 20.3. The molecule has 1 radical (unpaired) electrons. The second kappa shape index (κ2) is 15.0. The third-order valence-corrected chi connectivity index (χ3v) is 10.5.